The summed E-state index contributed by atoms with van der Waals surface area (Å²) in [6.07, 6.45) is 3.86. The number of hydrogen-bond acceptors (Lipinski definition) is 7. The predicted octanol–water partition coefficient (Wildman–Crippen LogP) is 4.71. The van der Waals surface area contributed by atoms with Gasteiger partial charge >= 0.3 is 5.97 Å². The van der Waals surface area contributed by atoms with Gasteiger partial charge in [0.25, 0.3) is 0 Å². The highest BCUT2D eigenvalue weighted by molar-refractivity contribution is 7.15. The van der Waals surface area contributed by atoms with Crippen molar-refractivity contribution in [3.63, 3.8) is 0 Å². The van der Waals surface area contributed by atoms with Gasteiger partial charge in [0.15, 0.2) is 11.6 Å². The molecule has 0 aliphatic carbocycles. The molecule has 1 aliphatic rings. The lowest BCUT2D eigenvalue weighted by molar-refractivity contribution is -0.142. The Morgan fingerprint density at radius 1 is 1.09 bits per heavy atom. The summed E-state index contributed by atoms with van der Waals surface area (Å²) < 4.78 is 1.99. The zero-order chi connectivity index (χ0) is 24.0. The minimum Gasteiger partial charge on any atom is -0.481 e. The lowest BCUT2D eigenvalue weighted by Crippen LogP contribution is -2.23. The Morgan fingerprint density at radius 2 is 1.76 bits per heavy atom. The number of aromatic nitrogens is 5. The SMILES string of the molecule is CCC(C(=O)O)[C@@H]1N=C(c2ccc(-c3ncccn3)cc2)c2c(sc(C)c2C)-n2c(C)nnc21. The Bertz CT molecular complexity index is 1410. The third kappa shape index (κ3) is 3.52. The van der Waals surface area contributed by atoms with Gasteiger partial charge < -0.3 is 5.11 Å². The molecule has 1 N–H and O–H groups in total. The van der Waals surface area contributed by atoms with E-state index in [0.717, 1.165) is 38.8 Å². The standard InChI is InChI=1S/C25H24N6O2S/c1-5-18(25(32)33)21-23-30-29-15(4)31(23)24-19(13(2)14(3)34-24)20(28-21)16-7-9-17(10-8-16)22-26-11-6-12-27-22/h6-12,18,21H,5H2,1-4H3,(H,32,33)/t18?,21-/m0/s1. The van der Waals surface area contributed by atoms with Crippen LogP contribution in [0, 0.1) is 26.7 Å². The molecular formula is C25H24N6O2S. The van der Waals surface area contributed by atoms with Gasteiger partial charge in [-0.3, -0.25) is 14.4 Å². The maximum atomic E-state index is 12.2. The Kier molecular flexibility index (Phi) is 5.57. The van der Waals surface area contributed by atoms with Crippen molar-refractivity contribution < 1.29 is 9.90 Å². The number of nitrogens with zero attached hydrogens (tertiary/aromatic N) is 6. The van der Waals surface area contributed by atoms with Crippen LogP contribution < -0.4 is 0 Å². The number of fused-ring (bicyclic) bond motifs is 3. The first-order valence-corrected chi connectivity index (χ1v) is 11.9. The first kappa shape index (κ1) is 22.1. The van der Waals surface area contributed by atoms with E-state index < -0.39 is 17.9 Å². The van der Waals surface area contributed by atoms with Crippen LogP contribution in [0.2, 0.25) is 0 Å². The maximum Gasteiger partial charge on any atom is 0.309 e. The number of aryl methyl sites for hydroxylation is 2. The van der Waals surface area contributed by atoms with Crippen LogP contribution in [-0.2, 0) is 4.79 Å². The molecule has 0 spiro atoms. The minimum atomic E-state index is -0.891. The van der Waals surface area contributed by atoms with E-state index in [-0.39, 0.29) is 0 Å². The Balaban J connectivity index is 1.73. The van der Waals surface area contributed by atoms with Gasteiger partial charge in [-0.25, -0.2) is 9.97 Å². The van der Waals surface area contributed by atoms with Crippen LogP contribution in [0.15, 0.2) is 47.7 Å². The van der Waals surface area contributed by atoms with Crippen LogP contribution in [0.4, 0.5) is 0 Å². The fraction of sp³-hybridized carbons (Fsp3) is 0.280. The van der Waals surface area contributed by atoms with Crippen LogP contribution in [0.5, 0.6) is 0 Å². The molecule has 3 aromatic heterocycles. The number of carbonyl (C=O) groups is 1. The highest BCUT2D eigenvalue weighted by Gasteiger charge is 2.37. The average Bonchev–Trinajstić information content (AvgIpc) is 3.31. The van der Waals surface area contributed by atoms with E-state index in [0.29, 0.717) is 18.1 Å². The number of benzene rings is 1. The Morgan fingerprint density at radius 3 is 2.41 bits per heavy atom. The Labute approximate surface area is 201 Å². The lowest BCUT2D eigenvalue weighted by Gasteiger charge is -2.18. The molecule has 2 atom stereocenters. The maximum absolute atomic E-state index is 12.2. The number of aliphatic carboxylic acids is 1. The third-order valence-electron chi connectivity index (χ3n) is 6.31. The van der Waals surface area contributed by atoms with Gasteiger partial charge in [0, 0.05) is 34.0 Å². The van der Waals surface area contributed by atoms with E-state index in [9.17, 15) is 9.90 Å². The highest BCUT2D eigenvalue weighted by atomic mass is 32.1. The zero-order valence-corrected chi connectivity index (χ0v) is 20.2. The van der Waals surface area contributed by atoms with Crippen molar-refractivity contribution in [2.24, 2.45) is 10.9 Å². The van der Waals surface area contributed by atoms with Crippen LogP contribution in [-0.4, -0.2) is 41.5 Å². The van der Waals surface area contributed by atoms with E-state index in [4.69, 9.17) is 4.99 Å². The number of rotatable bonds is 5. The highest BCUT2D eigenvalue weighted by Crippen LogP contribution is 2.41. The largest absolute Gasteiger partial charge is 0.481 e. The molecular weight excluding hydrogens is 448 g/mol. The number of aliphatic imine (C=N–C) groups is 1. The van der Waals surface area contributed by atoms with E-state index in [2.05, 4.69) is 34.0 Å². The summed E-state index contributed by atoms with van der Waals surface area (Å²) in [5, 5.41) is 19.7. The summed E-state index contributed by atoms with van der Waals surface area (Å²) in [5.74, 6) is 0.327. The fourth-order valence-corrected chi connectivity index (χ4v) is 5.59. The predicted molar refractivity (Wildman–Crippen MR) is 131 cm³/mol. The third-order valence-corrected chi connectivity index (χ3v) is 7.50. The van der Waals surface area contributed by atoms with Gasteiger partial charge in [-0.15, -0.1) is 21.5 Å². The molecule has 1 aromatic carbocycles. The minimum absolute atomic E-state index is 0.429. The van der Waals surface area contributed by atoms with Crippen LogP contribution in [0.3, 0.4) is 0 Å². The van der Waals surface area contributed by atoms with E-state index in [1.807, 2.05) is 42.7 Å². The second kappa shape index (κ2) is 8.57. The average molecular weight is 473 g/mol. The van der Waals surface area contributed by atoms with Crippen molar-refractivity contribution in [2.45, 2.75) is 40.2 Å². The fourth-order valence-electron chi connectivity index (χ4n) is 4.38. The molecule has 34 heavy (non-hydrogen) atoms. The first-order chi connectivity index (χ1) is 16.4. The van der Waals surface area contributed by atoms with E-state index >= 15 is 0 Å². The normalized spacial score (nSPS) is 15.8. The molecule has 0 saturated heterocycles. The quantitative estimate of drug-likeness (QED) is 0.451. The smallest absolute Gasteiger partial charge is 0.309 e. The van der Waals surface area contributed by atoms with Gasteiger partial charge in [0.2, 0.25) is 0 Å². The van der Waals surface area contributed by atoms with Gasteiger partial charge in [0.05, 0.1) is 11.6 Å². The van der Waals surface area contributed by atoms with Crippen molar-refractivity contribution >= 4 is 23.0 Å². The van der Waals surface area contributed by atoms with Crippen molar-refractivity contribution in [2.75, 3.05) is 0 Å². The number of carboxylic acid groups (broad SMARTS) is 1. The molecule has 8 nitrogen and oxygen atoms in total. The van der Waals surface area contributed by atoms with Crippen molar-refractivity contribution in [1.29, 1.82) is 0 Å². The Hall–Kier alpha value is -3.72. The second-order valence-corrected chi connectivity index (χ2v) is 9.53. The summed E-state index contributed by atoms with van der Waals surface area (Å²) in [7, 11) is 0. The van der Waals surface area contributed by atoms with Gasteiger partial charge in [-0.05, 0) is 38.8 Å². The summed E-state index contributed by atoms with van der Waals surface area (Å²) in [4.78, 5) is 27.1. The molecule has 1 unspecified atom stereocenters. The molecule has 0 radical (unpaired) electrons. The molecule has 0 amide bonds. The summed E-state index contributed by atoms with van der Waals surface area (Å²) in [6, 6.07) is 9.07. The van der Waals surface area contributed by atoms with E-state index in [1.165, 1.54) is 4.88 Å². The summed E-state index contributed by atoms with van der Waals surface area (Å²) in [6.45, 7) is 7.93. The topological polar surface area (TPSA) is 106 Å². The molecule has 172 valence electrons. The number of thiophene rings is 1. The molecule has 1 aliphatic heterocycles. The summed E-state index contributed by atoms with van der Waals surface area (Å²) >= 11 is 1.65. The number of hydrogen-bond donors (Lipinski definition) is 1. The molecule has 4 heterocycles. The van der Waals surface area contributed by atoms with Gasteiger partial charge in [-0.2, -0.15) is 0 Å². The van der Waals surface area contributed by atoms with Crippen molar-refractivity contribution in [3.8, 4) is 16.4 Å². The number of carboxylic acids is 1. The van der Waals surface area contributed by atoms with Crippen LogP contribution in [0.25, 0.3) is 16.4 Å². The van der Waals surface area contributed by atoms with Crippen molar-refractivity contribution in [3.05, 3.63) is 75.9 Å². The molecule has 0 fully saturated rings. The molecule has 0 bridgehead atoms. The molecule has 0 saturated carbocycles. The van der Waals surface area contributed by atoms with E-state index in [1.54, 1.807) is 29.8 Å². The monoisotopic (exact) mass is 472 g/mol. The summed E-state index contributed by atoms with van der Waals surface area (Å²) in [5.41, 5.74) is 4.70. The second-order valence-electron chi connectivity index (χ2n) is 8.33. The molecule has 4 aromatic rings. The lowest BCUT2D eigenvalue weighted by atomic mass is 9.95. The van der Waals surface area contributed by atoms with Gasteiger partial charge in [0.1, 0.15) is 16.9 Å². The van der Waals surface area contributed by atoms with Gasteiger partial charge in [-0.1, -0.05) is 31.2 Å². The molecule has 9 heteroatoms. The van der Waals surface area contributed by atoms with Crippen molar-refractivity contribution in [1.82, 2.24) is 24.7 Å². The zero-order valence-electron chi connectivity index (χ0n) is 19.4. The molecule has 5 rings (SSSR count). The van der Waals surface area contributed by atoms with Crippen LogP contribution >= 0.6 is 11.3 Å². The first-order valence-electron chi connectivity index (χ1n) is 11.1. The van der Waals surface area contributed by atoms with Crippen LogP contribution in [0.1, 0.15) is 52.6 Å².